The van der Waals surface area contributed by atoms with Crippen molar-refractivity contribution in [3.05, 3.63) is 0 Å². The molecule has 0 aromatic carbocycles. The number of aliphatic hydroxyl groups is 4. The maximum atomic E-state index is 10.3. The molecule has 0 aliphatic heterocycles. The van der Waals surface area contributed by atoms with E-state index in [-0.39, 0.29) is 12.9 Å². The van der Waals surface area contributed by atoms with Crippen molar-refractivity contribution in [3.63, 3.8) is 0 Å². The van der Waals surface area contributed by atoms with Crippen molar-refractivity contribution >= 4 is 6.29 Å². The first-order chi connectivity index (χ1) is 7.08. The Morgan fingerprint density at radius 1 is 1.33 bits per heavy atom. The quantitative estimate of drug-likeness (QED) is 0.206. The molecule has 0 radical (unpaired) electrons. The number of rotatable bonds is 8. The van der Waals surface area contributed by atoms with Crippen molar-refractivity contribution in [1.29, 1.82) is 0 Å². The molecule has 0 aromatic heterocycles. The lowest BCUT2D eigenvalue weighted by Crippen LogP contribution is -2.48. The molecule has 0 spiro atoms. The minimum atomic E-state index is -1.65. The lowest BCUT2D eigenvalue weighted by molar-refractivity contribution is -0.351. The van der Waals surface area contributed by atoms with Gasteiger partial charge < -0.3 is 25.2 Å². The average molecular weight is 224 g/mol. The van der Waals surface area contributed by atoms with Crippen LogP contribution in [-0.2, 0) is 14.6 Å². The number of aliphatic hydroxyl groups excluding tert-OH is 4. The van der Waals surface area contributed by atoms with Gasteiger partial charge in [0.15, 0.2) is 12.4 Å². The predicted octanol–water partition coefficient (Wildman–Crippen LogP) is -2.40. The molecule has 0 aromatic rings. The molecular weight excluding hydrogens is 208 g/mol. The van der Waals surface area contributed by atoms with E-state index in [2.05, 4.69) is 9.78 Å². The zero-order valence-electron chi connectivity index (χ0n) is 8.31. The maximum absolute atomic E-state index is 10.3. The zero-order valence-corrected chi connectivity index (χ0v) is 8.31. The van der Waals surface area contributed by atoms with Crippen molar-refractivity contribution in [2.75, 3.05) is 13.2 Å². The molecule has 0 rings (SSSR count). The number of hydrogen-bond acceptors (Lipinski definition) is 7. The number of hydrogen-bond donors (Lipinski definition) is 4. The Hall–Kier alpha value is -0.570. The van der Waals surface area contributed by atoms with Gasteiger partial charge in [-0.15, -0.1) is 0 Å². The Morgan fingerprint density at radius 3 is 2.33 bits per heavy atom. The highest BCUT2D eigenvalue weighted by Crippen LogP contribution is 2.09. The summed E-state index contributed by atoms with van der Waals surface area (Å²) in [4.78, 5) is 19.3. The molecule has 4 N–H and O–H groups in total. The fourth-order valence-electron chi connectivity index (χ4n) is 0.867. The minimum Gasteiger partial charge on any atom is -0.394 e. The van der Waals surface area contributed by atoms with E-state index >= 15 is 0 Å². The van der Waals surface area contributed by atoms with E-state index in [4.69, 9.17) is 15.3 Å². The lowest BCUT2D eigenvalue weighted by Gasteiger charge is -2.25. The van der Waals surface area contributed by atoms with Crippen molar-refractivity contribution in [1.82, 2.24) is 0 Å². The summed E-state index contributed by atoms with van der Waals surface area (Å²) in [5.74, 6) is 0. The van der Waals surface area contributed by atoms with Gasteiger partial charge in [0, 0.05) is 0 Å². The molecule has 0 heterocycles. The standard InChI is InChI=1S/C8H16O7/c1-2-14-15-8(6(12)4-10)7(13)5(11)3-9/h4-9,11-13H,2-3H2,1H3/t5-,6+,7-,8-/m1/s1. The van der Waals surface area contributed by atoms with E-state index in [9.17, 15) is 9.90 Å². The summed E-state index contributed by atoms with van der Waals surface area (Å²) in [5, 5.41) is 36.1. The Balaban J connectivity index is 4.38. The Bertz CT molecular complexity index is 174. The lowest BCUT2D eigenvalue weighted by atomic mass is 10.0. The van der Waals surface area contributed by atoms with Crippen LogP contribution in [0.5, 0.6) is 0 Å². The van der Waals surface area contributed by atoms with Gasteiger partial charge in [-0.05, 0) is 6.92 Å². The van der Waals surface area contributed by atoms with Crippen LogP contribution in [0, 0.1) is 0 Å². The highest BCUT2D eigenvalue weighted by Gasteiger charge is 2.33. The summed E-state index contributed by atoms with van der Waals surface area (Å²) in [6.45, 7) is 1.02. The number of aldehydes is 1. The van der Waals surface area contributed by atoms with E-state index in [1.54, 1.807) is 6.92 Å². The Labute approximate surface area is 86.8 Å². The van der Waals surface area contributed by atoms with E-state index in [1.165, 1.54) is 0 Å². The summed E-state index contributed by atoms with van der Waals surface area (Å²) in [6.07, 6.45) is -6.10. The Morgan fingerprint density at radius 2 is 1.93 bits per heavy atom. The highest BCUT2D eigenvalue weighted by molar-refractivity contribution is 5.56. The summed E-state index contributed by atoms with van der Waals surface area (Å²) in [5.41, 5.74) is 0. The fraction of sp³-hybridized carbons (Fsp3) is 0.875. The van der Waals surface area contributed by atoms with Gasteiger partial charge in [0.2, 0.25) is 0 Å². The average Bonchev–Trinajstić information content (AvgIpc) is 2.27. The van der Waals surface area contributed by atoms with Gasteiger partial charge in [-0.3, -0.25) is 0 Å². The van der Waals surface area contributed by atoms with E-state index in [0.29, 0.717) is 0 Å². The molecule has 0 bridgehead atoms. The van der Waals surface area contributed by atoms with Crippen LogP contribution in [0.2, 0.25) is 0 Å². The first-order valence-corrected chi connectivity index (χ1v) is 4.47. The molecule has 7 heteroatoms. The Kier molecular flexibility index (Phi) is 7.39. The molecule has 0 aliphatic rings. The molecular formula is C8H16O7. The van der Waals surface area contributed by atoms with E-state index in [1.807, 2.05) is 0 Å². The third kappa shape index (κ3) is 4.65. The fourth-order valence-corrected chi connectivity index (χ4v) is 0.867. The van der Waals surface area contributed by atoms with Crippen LogP contribution >= 0.6 is 0 Å². The van der Waals surface area contributed by atoms with E-state index in [0.717, 1.165) is 0 Å². The number of carbonyl (C=O) groups is 1. The number of carbonyl (C=O) groups excluding carboxylic acids is 1. The van der Waals surface area contributed by atoms with Crippen LogP contribution in [0.1, 0.15) is 6.92 Å². The largest absolute Gasteiger partial charge is 0.394 e. The summed E-state index contributed by atoms with van der Waals surface area (Å²) in [7, 11) is 0. The van der Waals surface area contributed by atoms with Gasteiger partial charge in [0.1, 0.15) is 18.3 Å². The summed E-state index contributed by atoms with van der Waals surface area (Å²) < 4.78 is 0. The van der Waals surface area contributed by atoms with Gasteiger partial charge in [-0.25, -0.2) is 9.78 Å². The van der Waals surface area contributed by atoms with Crippen LogP contribution in [0.4, 0.5) is 0 Å². The summed E-state index contributed by atoms with van der Waals surface area (Å²) >= 11 is 0. The van der Waals surface area contributed by atoms with Crippen LogP contribution < -0.4 is 0 Å². The molecule has 4 atom stereocenters. The highest BCUT2D eigenvalue weighted by atomic mass is 17.2. The second kappa shape index (κ2) is 7.69. The smallest absolute Gasteiger partial charge is 0.154 e. The normalized spacial score (nSPS) is 19.3. The second-order valence-corrected chi connectivity index (χ2v) is 2.83. The van der Waals surface area contributed by atoms with Gasteiger partial charge in [0.05, 0.1) is 13.2 Å². The summed E-state index contributed by atoms with van der Waals surface area (Å²) in [6, 6.07) is 0. The monoisotopic (exact) mass is 224 g/mol. The molecule has 0 aliphatic carbocycles. The topological polar surface area (TPSA) is 116 Å². The van der Waals surface area contributed by atoms with Gasteiger partial charge in [-0.2, -0.15) is 0 Å². The molecule has 15 heavy (non-hydrogen) atoms. The van der Waals surface area contributed by atoms with Crippen molar-refractivity contribution < 1.29 is 35.0 Å². The van der Waals surface area contributed by atoms with Crippen LogP contribution in [0.25, 0.3) is 0 Å². The second-order valence-electron chi connectivity index (χ2n) is 2.83. The van der Waals surface area contributed by atoms with Gasteiger partial charge in [-0.1, -0.05) is 0 Å². The molecule has 0 amide bonds. The molecule has 0 fully saturated rings. The predicted molar refractivity (Wildman–Crippen MR) is 47.7 cm³/mol. The molecule has 0 saturated carbocycles. The van der Waals surface area contributed by atoms with E-state index < -0.39 is 31.0 Å². The zero-order chi connectivity index (χ0) is 11.8. The SMILES string of the molecule is CCOO[C@@H]([C@H](O)[C@H](O)CO)[C@@H](O)C=O. The van der Waals surface area contributed by atoms with Crippen LogP contribution in [0.3, 0.4) is 0 Å². The first kappa shape index (κ1) is 14.4. The van der Waals surface area contributed by atoms with Gasteiger partial charge >= 0.3 is 0 Å². The molecule has 90 valence electrons. The van der Waals surface area contributed by atoms with Crippen LogP contribution in [-0.4, -0.2) is 64.3 Å². The third-order valence-corrected chi connectivity index (χ3v) is 1.69. The molecule has 0 saturated heterocycles. The molecule has 0 unspecified atom stereocenters. The first-order valence-electron chi connectivity index (χ1n) is 4.47. The minimum absolute atomic E-state index is 0.136. The molecule has 7 nitrogen and oxygen atoms in total. The van der Waals surface area contributed by atoms with Gasteiger partial charge in [0.25, 0.3) is 0 Å². The van der Waals surface area contributed by atoms with Crippen molar-refractivity contribution in [2.24, 2.45) is 0 Å². The third-order valence-electron chi connectivity index (χ3n) is 1.69. The van der Waals surface area contributed by atoms with Crippen molar-refractivity contribution in [3.8, 4) is 0 Å². The maximum Gasteiger partial charge on any atom is 0.154 e. The van der Waals surface area contributed by atoms with Crippen LogP contribution in [0.15, 0.2) is 0 Å². The van der Waals surface area contributed by atoms with Crippen molar-refractivity contribution in [2.45, 2.75) is 31.3 Å².